The number of ketones is 1. The van der Waals surface area contributed by atoms with Gasteiger partial charge in [-0.15, -0.1) is 0 Å². The van der Waals surface area contributed by atoms with Gasteiger partial charge < -0.3 is 4.42 Å². The van der Waals surface area contributed by atoms with Crippen LogP contribution in [0.5, 0.6) is 0 Å². The first-order valence-corrected chi connectivity index (χ1v) is 11.2. The third-order valence-corrected chi connectivity index (χ3v) is 7.48. The van der Waals surface area contributed by atoms with Crippen LogP contribution >= 0.6 is 0 Å². The van der Waals surface area contributed by atoms with Crippen molar-refractivity contribution >= 4 is 15.6 Å². The number of fused-ring (bicyclic) bond motifs is 1. The molecule has 1 aliphatic rings. The second-order valence-corrected chi connectivity index (χ2v) is 10.6. The Morgan fingerprint density at radius 3 is 2.28 bits per heavy atom. The van der Waals surface area contributed by atoms with Crippen LogP contribution in [0.4, 0.5) is 0 Å². The minimum atomic E-state index is -3.77. The fraction of sp³-hybridized carbons (Fsp3) is 0.292. The summed E-state index contributed by atoms with van der Waals surface area (Å²) in [5, 5.41) is -1.01. The van der Waals surface area contributed by atoms with Crippen LogP contribution < -0.4 is 0 Å². The van der Waals surface area contributed by atoms with Crippen LogP contribution in [0.25, 0.3) is 0 Å². The SMILES string of the molecule is Cc1ccc(S(=O)(=O)C(c2ccccc2)c2cc3c(o2)CC(C)(C)CC3=O)cc1. The van der Waals surface area contributed by atoms with Crippen LogP contribution in [-0.2, 0) is 16.3 Å². The van der Waals surface area contributed by atoms with E-state index in [4.69, 9.17) is 4.42 Å². The Bertz CT molecular complexity index is 1150. The van der Waals surface area contributed by atoms with Crippen molar-refractivity contribution in [2.24, 2.45) is 5.41 Å². The van der Waals surface area contributed by atoms with Gasteiger partial charge in [-0.2, -0.15) is 0 Å². The lowest BCUT2D eigenvalue weighted by atomic mass is 9.77. The first kappa shape index (κ1) is 19.6. The zero-order chi connectivity index (χ0) is 20.8. The first-order valence-electron chi connectivity index (χ1n) is 9.69. The molecule has 0 aliphatic heterocycles. The van der Waals surface area contributed by atoms with Crippen molar-refractivity contribution in [3.63, 3.8) is 0 Å². The van der Waals surface area contributed by atoms with Crippen LogP contribution in [0.2, 0.25) is 0 Å². The van der Waals surface area contributed by atoms with Crippen LogP contribution in [-0.4, -0.2) is 14.2 Å². The number of furan rings is 1. The molecule has 150 valence electrons. The van der Waals surface area contributed by atoms with E-state index in [0.717, 1.165) is 5.56 Å². The van der Waals surface area contributed by atoms with Crippen molar-refractivity contribution in [3.05, 3.63) is 88.9 Å². The molecule has 29 heavy (non-hydrogen) atoms. The molecule has 0 amide bonds. The number of aryl methyl sites for hydroxylation is 1. The summed E-state index contributed by atoms with van der Waals surface area (Å²) in [6.45, 7) is 5.96. The van der Waals surface area contributed by atoms with Crippen LogP contribution in [0.15, 0.2) is 70.0 Å². The van der Waals surface area contributed by atoms with Gasteiger partial charge in [-0.1, -0.05) is 61.9 Å². The molecule has 0 radical (unpaired) electrons. The van der Waals surface area contributed by atoms with Crippen molar-refractivity contribution in [2.45, 2.75) is 43.8 Å². The Balaban J connectivity index is 1.88. The second kappa shape index (κ2) is 6.99. The van der Waals surface area contributed by atoms with Crippen molar-refractivity contribution in [2.75, 3.05) is 0 Å². The zero-order valence-electron chi connectivity index (χ0n) is 16.8. The van der Waals surface area contributed by atoms with Gasteiger partial charge in [0, 0.05) is 12.8 Å². The molecule has 4 rings (SSSR count). The number of Topliss-reactive ketones (excluding diaryl/α,β-unsaturated/α-hetero) is 1. The summed E-state index contributed by atoms with van der Waals surface area (Å²) in [5.74, 6) is 0.889. The van der Waals surface area contributed by atoms with Crippen LogP contribution in [0, 0.1) is 12.3 Å². The smallest absolute Gasteiger partial charge is 0.192 e. The summed E-state index contributed by atoms with van der Waals surface area (Å²) >= 11 is 0. The molecule has 2 aromatic carbocycles. The molecule has 1 atom stereocenters. The second-order valence-electron chi connectivity index (χ2n) is 8.58. The molecule has 4 nitrogen and oxygen atoms in total. The lowest BCUT2D eigenvalue weighted by molar-refractivity contribution is 0.0903. The summed E-state index contributed by atoms with van der Waals surface area (Å²) < 4.78 is 33.3. The molecule has 0 N–H and O–H groups in total. The highest BCUT2D eigenvalue weighted by Gasteiger charge is 2.38. The van der Waals surface area contributed by atoms with Gasteiger partial charge in [-0.25, -0.2) is 8.42 Å². The number of carbonyl (C=O) groups excluding carboxylic acids is 1. The Morgan fingerprint density at radius 2 is 1.62 bits per heavy atom. The Hall–Kier alpha value is -2.66. The fourth-order valence-electron chi connectivity index (χ4n) is 3.96. The topological polar surface area (TPSA) is 64.3 Å². The highest BCUT2D eigenvalue weighted by atomic mass is 32.2. The van der Waals surface area contributed by atoms with Crippen LogP contribution in [0.3, 0.4) is 0 Å². The number of carbonyl (C=O) groups is 1. The number of hydrogen-bond acceptors (Lipinski definition) is 4. The summed E-state index contributed by atoms with van der Waals surface area (Å²) in [7, 11) is -3.77. The van der Waals surface area contributed by atoms with Crippen molar-refractivity contribution in [3.8, 4) is 0 Å². The van der Waals surface area contributed by atoms with E-state index in [1.807, 2.05) is 39.0 Å². The molecule has 1 unspecified atom stereocenters. The van der Waals surface area contributed by atoms with E-state index in [-0.39, 0.29) is 16.1 Å². The molecule has 0 saturated heterocycles. The van der Waals surface area contributed by atoms with Gasteiger partial charge in [0.1, 0.15) is 16.8 Å². The Kier molecular flexibility index (Phi) is 4.74. The summed E-state index contributed by atoms with van der Waals surface area (Å²) in [4.78, 5) is 12.9. The van der Waals surface area contributed by atoms with E-state index in [2.05, 4.69) is 0 Å². The molecule has 0 fully saturated rings. The van der Waals surface area contributed by atoms with Gasteiger partial charge in [0.2, 0.25) is 0 Å². The van der Waals surface area contributed by atoms with E-state index in [1.165, 1.54) is 0 Å². The quantitative estimate of drug-likeness (QED) is 0.587. The third-order valence-electron chi connectivity index (χ3n) is 5.43. The van der Waals surface area contributed by atoms with E-state index < -0.39 is 15.1 Å². The first-order chi connectivity index (χ1) is 13.7. The number of benzene rings is 2. The number of hydrogen-bond donors (Lipinski definition) is 0. The van der Waals surface area contributed by atoms with Gasteiger partial charge in [0.15, 0.2) is 15.6 Å². The van der Waals surface area contributed by atoms with Crippen molar-refractivity contribution in [1.82, 2.24) is 0 Å². The lowest BCUT2D eigenvalue weighted by Crippen LogP contribution is -2.25. The maximum absolute atomic E-state index is 13.6. The van der Waals surface area contributed by atoms with E-state index in [0.29, 0.717) is 35.5 Å². The van der Waals surface area contributed by atoms with Gasteiger partial charge >= 0.3 is 0 Å². The molecule has 3 aromatic rings. The fourth-order valence-corrected chi connectivity index (χ4v) is 5.69. The monoisotopic (exact) mass is 408 g/mol. The Labute approximate surface area is 171 Å². The van der Waals surface area contributed by atoms with E-state index >= 15 is 0 Å². The maximum Gasteiger partial charge on any atom is 0.192 e. The van der Waals surface area contributed by atoms with Crippen molar-refractivity contribution < 1.29 is 17.6 Å². The third kappa shape index (κ3) is 3.67. The zero-order valence-corrected chi connectivity index (χ0v) is 17.6. The van der Waals surface area contributed by atoms with E-state index in [1.54, 1.807) is 42.5 Å². The molecule has 0 saturated carbocycles. The average Bonchev–Trinajstić information content (AvgIpc) is 3.05. The largest absolute Gasteiger partial charge is 0.464 e. The van der Waals surface area contributed by atoms with Gasteiger partial charge in [-0.05, 0) is 36.1 Å². The normalized spacial score (nSPS) is 17.0. The maximum atomic E-state index is 13.6. The Morgan fingerprint density at radius 1 is 0.966 bits per heavy atom. The molecule has 1 aliphatic carbocycles. The molecule has 0 bridgehead atoms. The predicted octanol–water partition coefficient (Wildman–Crippen LogP) is 5.31. The molecular formula is C24H24O4S. The molecular weight excluding hydrogens is 384 g/mol. The average molecular weight is 409 g/mol. The molecule has 0 spiro atoms. The predicted molar refractivity (Wildman–Crippen MR) is 112 cm³/mol. The summed E-state index contributed by atoms with van der Waals surface area (Å²) in [5.41, 5.74) is 1.92. The number of sulfone groups is 1. The lowest BCUT2D eigenvalue weighted by Gasteiger charge is -2.26. The van der Waals surface area contributed by atoms with Gasteiger partial charge in [-0.3, -0.25) is 4.79 Å². The minimum absolute atomic E-state index is 0.00537. The summed E-state index contributed by atoms with van der Waals surface area (Å²) in [6.07, 6.45) is 1.04. The number of rotatable bonds is 4. The van der Waals surface area contributed by atoms with Crippen molar-refractivity contribution in [1.29, 1.82) is 0 Å². The molecule has 5 heteroatoms. The highest BCUT2D eigenvalue weighted by molar-refractivity contribution is 7.91. The van der Waals surface area contributed by atoms with Gasteiger partial charge in [0.05, 0.1) is 10.5 Å². The van der Waals surface area contributed by atoms with Crippen LogP contribution in [0.1, 0.15) is 58.5 Å². The highest BCUT2D eigenvalue weighted by Crippen LogP contribution is 2.41. The minimum Gasteiger partial charge on any atom is -0.464 e. The summed E-state index contributed by atoms with van der Waals surface area (Å²) in [6, 6.07) is 17.5. The molecule has 1 heterocycles. The molecule has 1 aromatic heterocycles. The van der Waals surface area contributed by atoms with E-state index in [9.17, 15) is 13.2 Å². The van der Waals surface area contributed by atoms with Gasteiger partial charge in [0.25, 0.3) is 0 Å². The standard InChI is InChI=1S/C24H24O4S/c1-16-9-11-18(12-10-16)29(26,27)23(17-7-5-4-6-8-17)21-13-19-20(25)14-24(2,3)15-22(19)28-21/h4-13,23H,14-15H2,1-3H3.